The molecular formula is C6H9NO6. The quantitative estimate of drug-likeness (QED) is 0.371. The number of rotatable bonds is 1. The lowest BCUT2D eigenvalue weighted by Gasteiger charge is -2.09. The van der Waals surface area contributed by atoms with Crippen molar-refractivity contribution in [2.75, 3.05) is 6.61 Å². The molecule has 0 aromatic rings. The predicted molar refractivity (Wildman–Crippen MR) is 37.4 cm³/mol. The molecule has 7 heteroatoms. The fourth-order valence-electron chi connectivity index (χ4n) is 1.66. The van der Waals surface area contributed by atoms with E-state index in [1.54, 1.807) is 0 Å². The van der Waals surface area contributed by atoms with Crippen LogP contribution in [0.2, 0.25) is 0 Å². The van der Waals surface area contributed by atoms with Crippen LogP contribution >= 0.6 is 0 Å². The molecule has 2 aliphatic heterocycles. The van der Waals surface area contributed by atoms with Gasteiger partial charge in [-0.15, -0.1) is 0 Å². The maximum absolute atomic E-state index is 10.3. The number of ether oxygens (including phenoxy) is 2. The van der Waals surface area contributed by atoms with Gasteiger partial charge in [0.2, 0.25) is 0 Å². The maximum Gasteiger partial charge on any atom is 0.344 e. The molecule has 13 heavy (non-hydrogen) atoms. The summed E-state index contributed by atoms with van der Waals surface area (Å²) >= 11 is 0. The van der Waals surface area contributed by atoms with Crippen molar-refractivity contribution in [1.29, 1.82) is 0 Å². The van der Waals surface area contributed by atoms with Gasteiger partial charge in [0.1, 0.15) is 18.3 Å². The van der Waals surface area contributed by atoms with Crippen LogP contribution in [0, 0.1) is 10.1 Å². The number of nitro groups is 1. The topological polar surface area (TPSA) is 102 Å². The van der Waals surface area contributed by atoms with Crippen LogP contribution in [0.1, 0.15) is 0 Å². The van der Waals surface area contributed by atoms with E-state index in [4.69, 9.17) is 9.47 Å². The number of fused-ring (bicyclic) bond motifs is 1. The second-order valence-corrected chi connectivity index (χ2v) is 3.13. The summed E-state index contributed by atoms with van der Waals surface area (Å²) in [5.74, 6) is 0. The van der Waals surface area contributed by atoms with E-state index in [0.29, 0.717) is 0 Å². The highest BCUT2D eigenvalue weighted by Gasteiger charge is 2.56. The molecule has 0 spiro atoms. The summed E-state index contributed by atoms with van der Waals surface area (Å²) in [4.78, 5) is 9.61. The van der Waals surface area contributed by atoms with Gasteiger partial charge in [-0.1, -0.05) is 0 Å². The molecule has 74 valence electrons. The molecule has 0 radical (unpaired) electrons. The Labute approximate surface area is 73.0 Å². The molecule has 2 heterocycles. The highest BCUT2D eigenvalue weighted by Crippen LogP contribution is 2.31. The van der Waals surface area contributed by atoms with Crippen LogP contribution in [0.25, 0.3) is 0 Å². The van der Waals surface area contributed by atoms with Gasteiger partial charge in [-0.05, 0) is 0 Å². The van der Waals surface area contributed by atoms with Gasteiger partial charge >= 0.3 is 6.23 Å². The smallest absolute Gasteiger partial charge is 0.344 e. The highest BCUT2D eigenvalue weighted by molar-refractivity contribution is 4.95. The van der Waals surface area contributed by atoms with Crippen LogP contribution in [0.15, 0.2) is 0 Å². The number of aliphatic hydroxyl groups excluding tert-OH is 2. The van der Waals surface area contributed by atoms with E-state index in [2.05, 4.69) is 0 Å². The maximum atomic E-state index is 10.3. The molecule has 1 unspecified atom stereocenters. The summed E-state index contributed by atoms with van der Waals surface area (Å²) in [6.45, 7) is 0.0524. The van der Waals surface area contributed by atoms with Gasteiger partial charge in [0.05, 0.1) is 11.5 Å². The Kier molecular flexibility index (Phi) is 1.95. The van der Waals surface area contributed by atoms with Gasteiger partial charge in [0.25, 0.3) is 0 Å². The summed E-state index contributed by atoms with van der Waals surface area (Å²) in [7, 11) is 0. The first-order valence-electron chi connectivity index (χ1n) is 3.88. The number of hydrogen-bond acceptors (Lipinski definition) is 6. The lowest BCUT2D eigenvalue weighted by molar-refractivity contribution is -0.582. The van der Waals surface area contributed by atoms with Crippen molar-refractivity contribution in [3.8, 4) is 0 Å². The van der Waals surface area contributed by atoms with E-state index in [-0.39, 0.29) is 6.61 Å². The third-order valence-electron chi connectivity index (χ3n) is 2.30. The first-order valence-corrected chi connectivity index (χ1v) is 3.88. The molecule has 2 fully saturated rings. The van der Waals surface area contributed by atoms with Crippen LogP contribution < -0.4 is 0 Å². The van der Waals surface area contributed by atoms with Crippen LogP contribution in [-0.4, -0.2) is 52.4 Å². The van der Waals surface area contributed by atoms with Gasteiger partial charge < -0.3 is 19.7 Å². The molecule has 2 saturated heterocycles. The molecule has 0 bridgehead atoms. The van der Waals surface area contributed by atoms with Crippen LogP contribution in [-0.2, 0) is 9.47 Å². The third kappa shape index (κ3) is 1.20. The molecule has 2 rings (SSSR count). The SMILES string of the molecule is O=[N+]([O-])C1O[C@H]2[C@H](OC[C@@H]2O)[C@@H]1O. The monoisotopic (exact) mass is 191 g/mol. The number of hydrogen-bond donors (Lipinski definition) is 2. The van der Waals surface area contributed by atoms with E-state index >= 15 is 0 Å². The Morgan fingerprint density at radius 1 is 1.38 bits per heavy atom. The molecule has 0 aliphatic carbocycles. The first kappa shape index (κ1) is 8.82. The third-order valence-corrected chi connectivity index (χ3v) is 2.30. The molecule has 0 saturated carbocycles. The molecule has 0 aromatic heterocycles. The normalized spacial score (nSPS) is 49.2. The number of aliphatic hydroxyl groups is 2. The van der Waals surface area contributed by atoms with Crippen molar-refractivity contribution in [2.24, 2.45) is 0 Å². The van der Waals surface area contributed by atoms with Crippen molar-refractivity contribution in [1.82, 2.24) is 0 Å². The molecule has 0 amide bonds. The second kappa shape index (κ2) is 2.88. The molecular weight excluding hydrogens is 182 g/mol. The molecule has 2 aliphatic rings. The van der Waals surface area contributed by atoms with Crippen molar-refractivity contribution < 1.29 is 24.6 Å². The van der Waals surface area contributed by atoms with Gasteiger partial charge in [-0.2, -0.15) is 0 Å². The van der Waals surface area contributed by atoms with Crippen molar-refractivity contribution in [3.63, 3.8) is 0 Å². The Balaban J connectivity index is 2.13. The zero-order chi connectivity index (χ0) is 9.59. The van der Waals surface area contributed by atoms with Crippen LogP contribution in [0.4, 0.5) is 0 Å². The molecule has 2 N–H and O–H groups in total. The van der Waals surface area contributed by atoms with E-state index in [9.17, 15) is 20.3 Å². The van der Waals surface area contributed by atoms with E-state index in [0.717, 1.165) is 0 Å². The average molecular weight is 191 g/mol. The standard InChI is InChI=1S/C6H9NO6/c8-2-1-12-5-3(9)6(7(10)11)13-4(2)5/h2-6,8-9H,1H2/t2-,3-,4+,5+,6?/m0/s1. The lowest BCUT2D eigenvalue weighted by atomic mass is 10.1. The Morgan fingerprint density at radius 2 is 2.08 bits per heavy atom. The lowest BCUT2D eigenvalue weighted by Crippen LogP contribution is -2.36. The minimum Gasteiger partial charge on any atom is -0.388 e. The summed E-state index contributed by atoms with van der Waals surface area (Å²) < 4.78 is 9.80. The van der Waals surface area contributed by atoms with Crippen molar-refractivity contribution in [2.45, 2.75) is 30.6 Å². The predicted octanol–water partition coefficient (Wildman–Crippen LogP) is -1.89. The van der Waals surface area contributed by atoms with E-state index < -0.39 is 35.6 Å². The Morgan fingerprint density at radius 3 is 2.62 bits per heavy atom. The van der Waals surface area contributed by atoms with Gasteiger partial charge in [-0.25, -0.2) is 0 Å². The van der Waals surface area contributed by atoms with E-state index in [1.807, 2.05) is 0 Å². The highest BCUT2D eigenvalue weighted by atomic mass is 16.7. The van der Waals surface area contributed by atoms with E-state index in [1.165, 1.54) is 0 Å². The summed E-state index contributed by atoms with van der Waals surface area (Å²) in [6.07, 6.45) is -5.21. The largest absolute Gasteiger partial charge is 0.388 e. The Hall–Kier alpha value is -0.760. The Bertz CT molecular complexity index is 233. The first-order chi connectivity index (χ1) is 6.11. The fourth-order valence-corrected chi connectivity index (χ4v) is 1.66. The van der Waals surface area contributed by atoms with Crippen molar-refractivity contribution in [3.05, 3.63) is 10.1 Å². The molecule has 5 atom stereocenters. The summed E-state index contributed by atoms with van der Waals surface area (Å²) in [6, 6.07) is 0. The van der Waals surface area contributed by atoms with Gasteiger partial charge in [0, 0.05) is 0 Å². The summed E-state index contributed by atoms with van der Waals surface area (Å²) in [5.41, 5.74) is 0. The van der Waals surface area contributed by atoms with Crippen molar-refractivity contribution >= 4 is 0 Å². The fraction of sp³-hybridized carbons (Fsp3) is 1.00. The minimum absolute atomic E-state index is 0.0524. The zero-order valence-corrected chi connectivity index (χ0v) is 6.57. The second-order valence-electron chi connectivity index (χ2n) is 3.13. The average Bonchev–Trinajstić information content (AvgIpc) is 2.55. The van der Waals surface area contributed by atoms with Gasteiger partial charge in [-0.3, -0.25) is 10.1 Å². The van der Waals surface area contributed by atoms with Crippen LogP contribution in [0.3, 0.4) is 0 Å². The van der Waals surface area contributed by atoms with Crippen LogP contribution in [0.5, 0.6) is 0 Å². The minimum atomic E-state index is -1.48. The van der Waals surface area contributed by atoms with Gasteiger partial charge in [0.15, 0.2) is 6.10 Å². The summed E-state index contributed by atoms with van der Waals surface area (Å²) in [5, 5.41) is 28.9. The molecule has 0 aromatic carbocycles. The molecule has 7 nitrogen and oxygen atoms in total. The number of nitrogens with zero attached hydrogens (tertiary/aromatic N) is 1. The zero-order valence-electron chi connectivity index (χ0n) is 6.57.